The van der Waals surface area contributed by atoms with Crippen molar-refractivity contribution < 1.29 is 15.3 Å². The molecule has 0 radical (unpaired) electrons. The van der Waals surface area contributed by atoms with Crippen LogP contribution in [0.3, 0.4) is 0 Å². The van der Waals surface area contributed by atoms with E-state index < -0.39 is 6.23 Å². The maximum absolute atomic E-state index is 9.55. The molecule has 3 N–H and O–H groups in total. The smallest absolute Gasteiger partial charge is 0.233 e. The van der Waals surface area contributed by atoms with E-state index in [2.05, 4.69) is 15.0 Å². The Bertz CT molecular complexity index is 388. The molecule has 0 fully saturated rings. The number of hydrogen-bond donors (Lipinski definition) is 3. The van der Waals surface area contributed by atoms with Crippen LogP contribution in [0.4, 0.5) is 17.8 Å². The summed E-state index contributed by atoms with van der Waals surface area (Å²) in [5, 5.41) is 27.8. The standard InChI is InChI=1S/C10H20N6O3/c1-7(19)16(4)10-12-8(14(2)5-17)11-9(13-10)15(3)6-18/h7,17-19H,5-6H2,1-4H3. The number of hydrogen-bond acceptors (Lipinski definition) is 9. The zero-order valence-corrected chi connectivity index (χ0v) is 11.5. The van der Waals surface area contributed by atoms with Gasteiger partial charge in [0.25, 0.3) is 0 Å². The molecule has 9 nitrogen and oxygen atoms in total. The summed E-state index contributed by atoms with van der Waals surface area (Å²) in [7, 11) is 4.86. The van der Waals surface area contributed by atoms with Crippen LogP contribution in [0.2, 0.25) is 0 Å². The van der Waals surface area contributed by atoms with Gasteiger partial charge in [0.15, 0.2) is 0 Å². The van der Waals surface area contributed by atoms with Gasteiger partial charge >= 0.3 is 0 Å². The Labute approximate surface area is 111 Å². The number of rotatable bonds is 6. The summed E-state index contributed by atoms with van der Waals surface area (Å²) in [5.41, 5.74) is 0. The molecule has 0 aliphatic heterocycles. The first-order valence-electron chi connectivity index (χ1n) is 5.71. The normalized spacial score (nSPS) is 12.2. The topological polar surface area (TPSA) is 109 Å². The fraction of sp³-hybridized carbons (Fsp3) is 0.700. The Kier molecular flexibility index (Phi) is 5.21. The highest BCUT2D eigenvalue weighted by atomic mass is 16.3. The van der Waals surface area contributed by atoms with Gasteiger partial charge in [-0.3, -0.25) is 0 Å². The van der Waals surface area contributed by atoms with Gasteiger partial charge in [-0.25, -0.2) is 0 Å². The van der Waals surface area contributed by atoms with Gasteiger partial charge in [-0.2, -0.15) is 15.0 Å². The molecule has 1 heterocycles. The van der Waals surface area contributed by atoms with E-state index in [9.17, 15) is 5.11 Å². The van der Waals surface area contributed by atoms with E-state index in [1.807, 2.05) is 0 Å². The van der Waals surface area contributed by atoms with Crippen LogP contribution in [-0.4, -0.2) is 71.1 Å². The van der Waals surface area contributed by atoms with E-state index in [1.165, 1.54) is 14.7 Å². The molecule has 0 aliphatic rings. The number of aromatic nitrogens is 3. The lowest BCUT2D eigenvalue weighted by atomic mass is 10.5. The molecule has 0 amide bonds. The summed E-state index contributed by atoms with van der Waals surface area (Å²) in [6, 6.07) is 0. The predicted molar refractivity (Wildman–Crippen MR) is 70.9 cm³/mol. The molecule has 19 heavy (non-hydrogen) atoms. The summed E-state index contributed by atoms with van der Waals surface area (Å²) in [5.74, 6) is 0.737. The second kappa shape index (κ2) is 6.45. The fourth-order valence-electron chi connectivity index (χ4n) is 1.14. The van der Waals surface area contributed by atoms with Crippen LogP contribution in [0.25, 0.3) is 0 Å². The summed E-state index contributed by atoms with van der Waals surface area (Å²) in [6.45, 7) is 1.06. The molecule has 1 rings (SSSR count). The van der Waals surface area contributed by atoms with Gasteiger partial charge < -0.3 is 30.0 Å². The third-order valence-corrected chi connectivity index (χ3v) is 2.58. The maximum atomic E-state index is 9.55. The highest BCUT2D eigenvalue weighted by Crippen LogP contribution is 2.17. The number of aliphatic hydroxyl groups excluding tert-OH is 3. The Morgan fingerprint density at radius 2 is 1.26 bits per heavy atom. The molecule has 0 saturated carbocycles. The Balaban J connectivity index is 3.23. The third kappa shape index (κ3) is 3.63. The molecule has 0 aliphatic carbocycles. The fourth-order valence-corrected chi connectivity index (χ4v) is 1.14. The minimum atomic E-state index is -0.776. The maximum Gasteiger partial charge on any atom is 0.233 e. The van der Waals surface area contributed by atoms with E-state index in [4.69, 9.17) is 10.2 Å². The van der Waals surface area contributed by atoms with Crippen molar-refractivity contribution in [1.29, 1.82) is 0 Å². The Morgan fingerprint density at radius 1 is 0.895 bits per heavy atom. The van der Waals surface area contributed by atoms with Crippen LogP contribution in [0, 0.1) is 0 Å². The lowest BCUT2D eigenvalue weighted by Crippen LogP contribution is -2.32. The van der Waals surface area contributed by atoms with E-state index in [0.717, 1.165) is 0 Å². The van der Waals surface area contributed by atoms with Crippen LogP contribution in [-0.2, 0) is 0 Å². The SMILES string of the molecule is CC(O)N(C)c1nc(N(C)CO)nc(N(C)CO)n1. The van der Waals surface area contributed by atoms with E-state index >= 15 is 0 Å². The van der Waals surface area contributed by atoms with E-state index in [1.54, 1.807) is 28.1 Å². The van der Waals surface area contributed by atoms with Crippen molar-refractivity contribution in [3.63, 3.8) is 0 Å². The molecule has 1 unspecified atom stereocenters. The summed E-state index contributed by atoms with van der Waals surface area (Å²) < 4.78 is 0. The first kappa shape index (κ1) is 15.3. The van der Waals surface area contributed by atoms with Crippen molar-refractivity contribution in [2.75, 3.05) is 49.3 Å². The molecule has 1 aromatic heterocycles. The van der Waals surface area contributed by atoms with Gasteiger partial charge in [-0.1, -0.05) is 0 Å². The average molecular weight is 272 g/mol. The van der Waals surface area contributed by atoms with Gasteiger partial charge in [0, 0.05) is 21.1 Å². The van der Waals surface area contributed by atoms with Crippen LogP contribution in [0.5, 0.6) is 0 Å². The third-order valence-electron chi connectivity index (χ3n) is 2.58. The first-order chi connectivity index (χ1) is 8.90. The Hall–Kier alpha value is -1.71. The highest BCUT2D eigenvalue weighted by molar-refractivity contribution is 5.45. The molecule has 0 bridgehead atoms. The molecular weight excluding hydrogens is 252 g/mol. The van der Waals surface area contributed by atoms with Crippen LogP contribution in [0.15, 0.2) is 0 Å². The van der Waals surface area contributed by atoms with Gasteiger partial charge in [0.05, 0.1) is 0 Å². The first-order valence-corrected chi connectivity index (χ1v) is 5.71. The Morgan fingerprint density at radius 3 is 1.58 bits per heavy atom. The van der Waals surface area contributed by atoms with Crippen molar-refractivity contribution in [3.05, 3.63) is 0 Å². The molecule has 108 valence electrons. The summed E-state index contributed by atoms with van der Waals surface area (Å²) >= 11 is 0. The number of nitrogens with zero attached hydrogens (tertiary/aromatic N) is 6. The second-order valence-corrected chi connectivity index (χ2v) is 4.16. The second-order valence-electron chi connectivity index (χ2n) is 4.16. The molecule has 9 heteroatoms. The van der Waals surface area contributed by atoms with Gasteiger partial charge in [-0.15, -0.1) is 0 Å². The van der Waals surface area contributed by atoms with Crippen molar-refractivity contribution in [2.45, 2.75) is 13.2 Å². The minimum Gasteiger partial charge on any atom is -0.376 e. The van der Waals surface area contributed by atoms with Crippen LogP contribution < -0.4 is 14.7 Å². The van der Waals surface area contributed by atoms with Crippen molar-refractivity contribution >= 4 is 17.8 Å². The zero-order chi connectivity index (χ0) is 14.6. The minimum absolute atomic E-state index is 0.246. The molecule has 0 saturated heterocycles. The lowest BCUT2D eigenvalue weighted by Gasteiger charge is -2.24. The highest BCUT2D eigenvalue weighted by Gasteiger charge is 2.16. The van der Waals surface area contributed by atoms with Crippen molar-refractivity contribution in [1.82, 2.24) is 15.0 Å². The van der Waals surface area contributed by atoms with Gasteiger partial charge in [0.2, 0.25) is 17.8 Å². The number of anilines is 3. The van der Waals surface area contributed by atoms with Crippen LogP contribution in [0.1, 0.15) is 6.92 Å². The molecule has 1 atom stereocenters. The average Bonchev–Trinajstić information content (AvgIpc) is 2.43. The molecular formula is C10H20N6O3. The van der Waals surface area contributed by atoms with Crippen LogP contribution >= 0.6 is 0 Å². The summed E-state index contributed by atoms with van der Waals surface area (Å²) in [4.78, 5) is 16.7. The summed E-state index contributed by atoms with van der Waals surface area (Å²) in [6.07, 6.45) is -0.776. The molecule has 1 aromatic rings. The lowest BCUT2D eigenvalue weighted by molar-refractivity contribution is 0.193. The monoisotopic (exact) mass is 272 g/mol. The molecule has 0 aromatic carbocycles. The number of aliphatic hydroxyl groups is 3. The van der Waals surface area contributed by atoms with E-state index in [-0.39, 0.29) is 31.3 Å². The quantitative estimate of drug-likeness (QED) is 0.528. The van der Waals surface area contributed by atoms with Gasteiger partial charge in [0.1, 0.15) is 19.7 Å². The largest absolute Gasteiger partial charge is 0.376 e. The van der Waals surface area contributed by atoms with Crippen molar-refractivity contribution in [3.8, 4) is 0 Å². The van der Waals surface area contributed by atoms with E-state index in [0.29, 0.717) is 0 Å². The van der Waals surface area contributed by atoms with Crippen molar-refractivity contribution in [2.24, 2.45) is 0 Å². The molecule has 0 spiro atoms. The predicted octanol–water partition coefficient (Wildman–Crippen LogP) is -1.58. The van der Waals surface area contributed by atoms with Gasteiger partial charge in [-0.05, 0) is 6.92 Å². The zero-order valence-electron chi connectivity index (χ0n) is 11.5.